The van der Waals surface area contributed by atoms with E-state index in [0.717, 1.165) is 11.1 Å². The summed E-state index contributed by atoms with van der Waals surface area (Å²) in [5.74, 6) is 2.01. The Morgan fingerprint density at radius 1 is 1.10 bits per heavy atom. The molecule has 1 fully saturated rings. The normalized spacial score (nSPS) is 15.9. The van der Waals surface area contributed by atoms with Crippen molar-refractivity contribution in [2.75, 3.05) is 13.1 Å². The Labute approximate surface area is 120 Å². The maximum absolute atomic E-state index is 12.4. The smallest absolute Gasteiger partial charge is 0.253 e. The molecule has 0 N–H and O–H groups in total. The number of carbonyl (C=O) groups is 1. The van der Waals surface area contributed by atoms with E-state index in [4.69, 9.17) is 0 Å². The van der Waals surface area contributed by atoms with E-state index in [9.17, 15) is 9.59 Å². The predicted molar refractivity (Wildman–Crippen MR) is 79.5 cm³/mol. The zero-order valence-corrected chi connectivity index (χ0v) is 12.4. The number of piperidine rings is 1. The molecule has 1 saturated heterocycles. The Morgan fingerprint density at radius 3 is 2.10 bits per heavy atom. The molecule has 1 aliphatic rings. The van der Waals surface area contributed by atoms with Gasteiger partial charge in [0.25, 0.3) is 5.91 Å². The first-order chi connectivity index (χ1) is 9.41. The van der Waals surface area contributed by atoms with Crippen LogP contribution in [0.3, 0.4) is 0 Å². The number of rotatable bonds is 1. The molecule has 106 valence electrons. The summed E-state index contributed by atoms with van der Waals surface area (Å²) >= 11 is 0. The third-order valence-electron chi connectivity index (χ3n) is 3.80. The van der Waals surface area contributed by atoms with Crippen molar-refractivity contribution in [1.29, 1.82) is 0 Å². The van der Waals surface area contributed by atoms with Gasteiger partial charge in [0, 0.05) is 24.2 Å². The fourth-order valence-corrected chi connectivity index (χ4v) is 2.38. The Kier molecular flexibility index (Phi) is 4.10. The first kappa shape index (κ1) is 14.5. The van der Waals surface area contributed by atoms with Crippen LogP contribution in [0.15, 0.2) is 29.8 Å². The molecule has 3 nitrogen and oxygen atoms in total. The number of carbonyl (C=O) groups excluding carboxylic acids is 2. The van der Waals surface area contributed by atoms with Crippen molar-refractivity contribution in [3.8, 4) is 0 Å². The van der Waals surface area contributed by atoms with Gasteiger partial charge >= 0.3 is 0 Å². The molecule has 3 heteroatoms. The van der Waals surface area contributed by atoms with Gasteiger partial charge in [0.2, 0.25) is 0 Å². The molecule has 0 atom stereocenters. The summed E-state index contributed by atoms with van der Waals surface area (Å²) in [6.07, 6.45) is 1.30. The minimum atomic E-state index is 0.0513. The van der Waals surface area contributed by atoms with Gasteiger partial charge < -0.3 is 4.90 Å². The molecule has 1 amide bonds. The van der Waals surface area contributed by atoms with Crippen molar-refractivity contribution in [2.24, 2.45) is 0 Å². The van der Waals surface area contributed by atoms with Crippen LogP contribution in [0.1, 0.15) is 49.5 Å². The topological polar surface area (TPSA) is 37.4 Å². The molecule has 0 spiro atoms. The Morgan fingerprint density at radius 2 is 1.65 bits per heavy atom. The van der Waals surface area contributed by atoms with Crippen LogP contribution >= 0.6 is 0 Å². The number of hydrogen-bond acceptors (Lipinski definition) is 2. The van der Waals surface area contributed by atoms with E-state index in [1.807, 2.05) is 35.1 Å². The van der Waals surface area contributed by atoms with Crippen LogP contribution in [0.4, 0.5) is 0 Å². The summed E-state index contributed by atoms with van der Waals surface area (Å²) in [4.78, 5) is 24.8. The van der Waals surface area contributed by atoms with Crippen molar-refractivity contribution in [1.82, 2.24) is 4.90 Å². The highest BCUT2D eigenvalue weighted by molar-refractivity contribution is 5.94. The SMILES string of the molecule is CC(C)(C)c1ccc(C(=O)N2CCC(=C=O)CC2)cc1. The summed E-state index contributed by atoms with van der Waals surface area (Å²) in [6.45, 7) is 7.69. The van der Waals surface area contributed by atoms with Gasteiger partial charge in [-0.3, -0.25) is 4.79 Å². The van der Waals surface area contributed by atoms with E-state index >= 15 is 0 Å². The summed E-state index contributed by atoms with van der Waals surface area (Å²) in [5.41, 5.74) is 2.82. The first-order valence-electron chi connectivity index (χ1n) is 7.04. The van der Waals surface area contributed by atoms with Gasteiger partial charge in [-0.05, 0) is 36.0 Å². The summed E-state index contributed by atoms with van der Waals surface area (Å²) < 4.78 is 0. The van der Waals surface area contributed by atoms with Crippen molar-refractivity contribution >= 4 is 11.8 Å². The van der Waals surface area contributed by atoms with Gasteiger partial charge in [-0.15, -0.1) is 0 Å². The molecular weight excluding hydrogens is 250 g/mol. The number of nitrogens with zero attached hydrogens (tertiary/aromatic N) is 1. The quantitative estimate of drug-likeness (QED) is 0.736. The van der Waals surface area contributed by atoms with Gasteiger partial charge in [0.1, 0.15) is 5.94 Å². The second-order valence-electron chi connectivity index (χ2n) is 6.33. The fourth-order valence-electron chi connectivity index (χ4n) is 2.38. The predicted octanol–water partition coefficient (Wildman–Crippen LogP) is 2.98. The number of benzene rings is 1. The minimum Gasteiger partial charge on any atom is -0.338 e. The van der Waals surface area contributed by atoms with E-state index in [-0.39, 0.29) is 11.3 Å². The van der Waals surface area contributed by atoms with E-state index in [1.165, 1.54) is 5.56 Å². The lowest BCUT2D eigenvalue weighted by Gasteiger charge is -2.27. The fraction of sp³-hybridized carbons (Fsp3) is 0.471. The molecule has 1 heterocycles. The van der Waals surface area contributed by atoms with E-state index in [2.05, 4.69) is 20.8 Å². The third kappa shape index (κ3) is 3.17. The second kappa shape index (κ2) is 5.64. The Bertz CT molecular complexity index is 535. The van der Waals surface area contributed by atoms with E-state index in [1.54, 1.807) is 0 Å². The molecule has 0 unspecified atom stereocenters. The summed E-state index contributed by atoms with van der Waals surface area (Å²) in [7, 11) is 0. The van der Waals surface area contributed by atoms with Gasteiger partial charge in [-0.2, -0.15) is 0 Å². The van der Waals surface area contributed by atoms with Gasteiger partial charge in [0.05, 0.1) is 0 Å². The molecule has 2 rings (SSSR count). The first-order valence-corrected chi connectivity index (χ1v) is 7.04. The van der Waals surface area contributed by atoms with Crippen LogP contribution in [0.25, 0.3) is 0 Å². The van der Waals surface area contributed by atoms with Crippen molar-refractivity contribution in [3.63, 3.8) is 0 Å². The van der Waals surface area contributed by atoms with Crippen molar-refractivity contribution in [2.45, 2.75) is 39.0 Å². The van der Waals surface area contributed by atoms with Crippen molar-refractivity contribution in [3.05, 3.63) is 41.0 Å². The highest BCUT2D eigenvalue weighted by atomic mass is 16.2. The monoisotopic (exact) mass is 271 g/mol. The number of likely N-dealkylation sites (tertiary alicyclic amines) is 1. The molecule has 0 bridgehead atoms. The molecule has 20 heavy (non-hydrogen) atoms. The molecule has 0 radical (unpaired) electrons. The van der Waals surface area contributed by atoms with Crippen molar-refractivity contribution < 1.29 is 9.59 Å². The maximum atomic E-state index is 12.4. The lowest BCUT2D eigenvalue weighted by atomic mass is 9.86. The van der Waals surface area contributed by atoms with Crippen LogP contribution in [0.5, 0.6) is 0 Å². The van der Waals surface area contributed by atoms with Crippen LogP contribution in [-0.2, 0) is 10.2 Å². The van der Waals surface area contributed by atoms with Gasteiger partial charge in [0.15, 0.2) is 0 Å². The van der Waals surface area contributed by atoms with Crippen LogP contribution in [0, 0.1) is 0 Å². The van der Waals surface area contributed by atoms with Gasteiger partial charge in [-0.25, -0.2) is 4.79 Å². The molecule has 0 aliphatic carbocycles. The zero-order valence-electron chi connectivity index (χ0n) is 12.4. The Hall–Kier alpha value is -1.86. The van der Waals surface area contributed by atoms with E-state index < -0.39 is 0 Å². The number of hydrogen-bond donors (Lipinski definition) is 0. The lowest BCUT2D eigenvalue weighted by Crippen LogP contribution is -2.36. The molecular formula is C17H21NO2. The third-order valence-corrected chi connectivity index (χ3v) is 3.80. The molecule has 1 aliphatic heterocycles. The highest BCUT2D eigenvalue weighted by Crippen LogP contribution is 2.23. The standard InChI is InChI=1S/C17H21NO2/c1-17(2,3)15-6-4-14(5-7-15)16(20)18-10-8-13(12-19)9-11-18/h4-7H,8-11H2,1-3H3. The van der Waals surface area contributed by atoms with Gasteiger partial charge in [-0.1, -0.05) is 32.9 Å². The largest absolute Gasteiger partial charge is 0.338 e. The molecule has 1 aromatic rings. The van der Waals surface area contributed by atoms with Crippen LogP contribution in [0.2, 0.25) is 0 Å². The second-order valence-corrected chi connectivity index (χ2v) is 6.33. The van der Waals surface area contributed by atoms with E-state index in [0.29, 0.717) is 25.9 Å². The maximum Gasteiger partial charge on any atom is 0.253 e. The summed E-state index contributed by atoms with van der Waals surface area (Å²) in [6, 6.07) is 7.84. The molecule has 0 aromatic heterocycles. The Balaban J connectivity index is 2.08. The zero-order chi connectivity index (χ0) is 14.8. The average Bonchev–Trinajstić information content (AvgIpc) is 2.46. The average molecular weight is 271 g/mol. The lowest BCUT2D eigenvalue weighted by molar-refractivity contribution is 0.0744. The van der Waals surface area contributed by atoms with Crippen LogP contribution in [-0.4, -0.2) is 29.8 Å². The highest BCUT2D eigenvalue weighted by Gasteiger charge is 2.21. The summed E-state index contributed by atoms with van der Waals surface area (Å²) in [5, 5.41) is 0. The minimum absolute atomic E-state index is 0.0513. The van der Waals surface area contributed by atoms with Crippen LogP contribution < -0.4 is 0 Å². The molecule has 0 saturated carbocycles. The number of amides is 1. The molecule has 1 aromatic carbocycles.